The van der Waals surface area contributed by atoms with Crippen molar-refractivity contribution in [3.8, 4) is 0 Å². The van der Waals surface area contributed by atoms with Gasteiger partial charge >= 0.3 is 5.69 Å². The Balaban J connectivity index is 2.14. The van der Waals surface area contributed by atoms with Crippen LogP contribution < -0.4 is 11.2 Å². The third-order valence-corrected chi connectivity index (χ3v) is 3.70. The van der Waals surface area contributed by atoms with Gasteiger partial charge in [-0.15, -0.1) is 0 Å². The normalized spacial score (nSPS) is 12.2. The summed E-state index contributed by atoms with van der Waals surface area (Å²) in [5.41, 5.74) is -1.13. The molecule has 0 unspecified atom stereocenters. The van der Waals surface area contributed by atoms with Crippen LogP contribution in [-0.2, 0) is 26.2 Å². The Hall–Kier alpha value is -2.68. The van der Waals surface area contributed by atoms with Crippen LogP contribution in [0.5, 0.6) is 0 Å². The molecule has 3 aromatic rings. The summed E-state index contributed by atoms with van der Waals surface area (Å²) in [6.45, 7) is 3.07. The molecule has 1 N–H and O–H groups in total. The Kier molecular flexibility index (Phi) is 3.25. The molecule has 0 aliphatic carbocycles. The summed E-state index contributed by atoms with van der Waals surface area (Å²) < 4.78 is 9.06. The van der Waals surface area contributed by atoms with Gasteiger partial charge in [-0.1, -0.05) is 5.16 Å². The summed E-state index contributed by atoms with van der Waals surface area (Å²) in [5.74, 6) is 0.308. The number of aliphatic hydroxyl groups is 1. The molecule has 3 aromatic heterocycles. The number of hydrogen-bond acceptors (Lipinski definition) is 6. The van der Waals surface area contributed by atoms with Gasteiger partial charge in [0.05, 0.1) is 12.9 Å². The fourth-order valence-electron chi connectivity index (χ4n) is 2.37. The standard InChI is InChI=1S/C14H17N5O4/c1-14(2,22)9-5-8(23-16-9)6-19-12(20)10-11(15-7-17(10)3)18(4)13(19)21/h5,7,22H,6H2,1-4H3. The Bertz CT molecular complexity index is 999. The number of fused-ring (bicyclic) bond motifs is 1. The molecule has 0 aromatic carbocycles. The first-order valence-electron chi connectivity index (χ1n) is 6.99. The lowest BCUT2D eigenvalue weighted by atomic mass is 10.1. The molecule has 0 bridgehead atoms. The van der Waals surface area contributed by atoms with Gasteiger partial charge in [0.15, 0.2) is 16.9 Å². The first kappa shape index (κ1) is 15.2. The quantitative estimate of drug-likeness (QED) is 0.710. The molecule has 9 heteroatoms. The zero-order valence-corrected chi connectivity index (χ0v) is 13.3. The van der Waals surface area contributed by atoms with Crippen LogP contribution in [0.15, 0.2) is 26.5 Å². The van der Waals surface area contributed by atoms with Crippen LogP contribution in [0, 0.1) is 0 Å². The van der Waals surface area contributed by atoms with Gasteiger partial charge in [-0.3, -0.25) is 13.9 Å². The molecular weight excluding hydrogens is 302 g/mol. The highest BCUT2D eigenvalue weighted by atomic mass is 16.5. The van der Waals surface area contributed by atoms with Crippen molar-refractivity contribution in [2.75, 3.05) is 0 Å². The van der Waals surface area contributed by atoms with Gasteiger partial charge < -0.3 is 14.2 Å². The topological polar surface area (TPSA) is 108 Å². The summed E-state index contributed by atoms with van der Waals surface area (Å²) >= 11 is 0. The van der Waals surface area contributed by atoms with Crippen LogP contribution in [0.4, 0.5) is 0 Å². The number of aryl methyl sites for hydroxylation is 2. The molecule has 0 saturated carbocycles. The van der Waals surface area contributed by atoms with Crippen LogP contribution in [0.25, 0.3) is 11.2 Å². The molecule has 0 aliphatic rings. The fourth-order valence-corrected chi connectivity index (χ4v) is 2.37. The van der Waals surface area contributed by atoms with Gasteiger partial charge in [-0.25, -0.2) is 9.78 Å². The van der Waals surface area contributed by atoms with E-state index < -0.39 is 16.9 Å². The second-order valence-corrected chi connectivity index (χ2v) is 6.00. The lowest BCUT2D eigenvalue weighted by Gasteiger charge is -2.11. The maximum Gasteiger partial charge on any atom is 0.332 e. The highest BCUT2D eigenvalue weighted by Gasteiger charge is 2.22. The van der Waals surface area contributed by atoms with Crippen molar-refractivity contribution in [3.05, 3.63) is 44.7 Å². The van der Waals surface area contributed by atoms with Crippen molar-refractivity contribution in [2.24, 2.45) is 14.1 Å². The minimum absolute atomic E-state index is 0.0737. The fraction of sp³-hybridized carbons (Fsp3) is 0.429. The highest BCUT2D eigenvalue weighted by molar-refractivity contribution is 5.69. The number of aromatic nitrogens is 5. The van der Waals surface area contributed by atoms with Crippen molar-refractivity contribution in [2.45, 2.75) is 26.0 Å². The van der Waals surface area contributed by atoms with Crippen LogP contribution in [-0.4, -0.2) is 28.9 Å². The van der Waals surface area contributed by atoms with E-state index in [1.807, 2.05) is 0 Å². The number of nitrogens with zero attached hydrogens (tertiary/aromatic N) is 5. The first-order valence-corrected chi connectivity index (χ1v) is 6.99. The van der Waals surface area contributed by atoms with Gasteiger partial charge in [-0.2, -0.15) is 0 Å². The van der Waals surface area contributed by atoms with Gasteiger partial charge in [-0.05, 0) is 13.8 Å². The SMILES string of the molecule is Cn1cnc2c1c(=O)n(Cc1cc(C(C)(C)O)no1)c(=O)n2C. The Morgan fingerprint density at radius 1 is 1.30 bits per heavy atom. The summed E-state index contributed by atoms with van der Waals surface area (Å²) in [4.78, 5) is 29.0. The lowest BCUT2D eigenvalue weighted by Crippen LogP contribution is -2.39. The van der Waals surface area contributed by atoms with Gasteiger partial charge in [0, 0.05) is 20.2 Å². The van der Waals surface area contributed by atoms with Gasteiger partial charge in [0.25, 0.3) is 5.56 Å². The maximum absolute atomic E-state index is 12.6. The molecule has 23 heavy (non-hydrogen) atoms. The summed E-state index contributed by atoms with van der Waals surface area (Å²) in [6, 6.07) is 1.53. The summed E-state index contributed by atoms with van der Waals surface area (Å²) in [7, 11) is 3.24. The van der Waals surface area contributed by atoms with E-state index in [-0.39, 0.29) is 6.54 Å². The zero-order chi connectivity index (χ0) is 16.9. The predicted molar refractivity (Wildman–Crippen MR) is 81.1 cm³/mol. The van der Waals surface area contributed by atoms with E-state index in [2.05, 4.69) is 10.1 Å². The minimum Gasteiger partial charge on any atom is -0.384 e. The molecule has 3 rings (SSSR count). The van der Waals surface area contributed by atoms with E-state index in [1.165, 1.54) is 17.0 Å². The molecule has 0 spiro atoms. The maximum atomic E-state index is 12.6. The Morgan fingerprint density at radius 3 is 2.61 bits per heavy atom. The average Bonchev–Trinajstić information content (AvgIpc) is 3.07. The lowest BCUT2D eigenvalue weighted by molar-refractivity contribution is 0.0700. The third-order valence-electron chi connectivity index (χ3n) is 3.70. The van der Waals surface area contributed by atoms with Crippen LogP contribution in [0.1, 0.15) is 25.3 Å². The first-order chi connectivity index (χ1) is 10.7. The van der Waals surface area contributed by atoms with Crippen molar-refractivity contribution in [1.29, 1.82) is 0 Å². The van der Waals surface area contributed by atoms with E-state index in [0.29, 0.717) is 22.6 Å². The van der Waals surface area contributed by atoms with Crippen LogP contribution in [0.3, 0.4) is 0 Å². The van der Waals surface area contributed by atoms with E-state index in [1.54, 1.807) is 32.5 Å². The smallest absolute Gasteiger partial charge is 0.332 e. The third kappa shape index (κ3) is 2.38. The largest absolute Gasteiger partial charge is 0.384 e. The van der Waals surface area contributed by atoms with E-state index in [0.717, 1.165) is 4.57 Å². The number of imidazole rings is 1. The van der Waals surface area contributed by atoms with Crippen LogP contribution in [0.2, 0.25) is 0 Å². The molecule has 0 aliphatic heterocycles. The Labute approximate surface area is 130 Å². The van der Waals surface area contributed by atoms with Crippen LogP contribution >= 0.6 is 0 Å². The molecule has 0 atom stereocenters. The molecule has 0 fully saturated rings. The monoisotopic (exact) mass is 319 g/mol. The predicted octanol–water partition coefficient (Wildman–Crippen LogP) is -0.303. The average molecular weight is 319 g/mol. The summed E-state index contributed by atoms with van der Waals surface area (Å²) in [6.07, 6.45) is 1.48. The molecule has 3 heterocycles. The van der Waals surface area contributed by atoms with Crippen molar-refractivity contribution < 1.29 is 9.63 Å². The van der Waals surface area contributed by atoms with Crippen molar-refractivity contribution in [3.63, 3.8) is 0 Å². The molecule has 0 amide bonds. The summed E-state index contributed by atoms with van der Waals surface area (Å²) in [5, 5.41) is 13.7. The number of rotatable bonds is 3. The Morgan fingerprint density at radius 2 is 2.00 bits per heavy atom. The molecule has 122 valence electrons. The molecule has 0 saturated heterocycles. The van der Waals surface area contributed by atoms with E-state index >= 15 is 0 Å². The minimum atomic E-state index is -1.16. The van der Waals surface area contributed by atoms with Crippen molar-refractivity contribution in [1.82, 2.24) is 23.8 Å². The van der Waals surface area contributed by atoms with Crippen molar-refractivity contribution >= 4 is 11.2 Å². The molecular formula is C14H17N5O4. The van der Waals surface area contributed by atoms with E-state index in [4.69, 9.17) is 4.52 Å². The number of hydrogen-bond donors (Lipinski definition) is 1. The zero-order valence-electron chi connectivity index (χ0n) is 13.3. The molecule has 0 radical (unpaired) electrons. The second kappa shape index (κ2) is 4.92. The van der Waals surface area contributed by atoms with Gasteiger partial charge in [0.1, 0.15) is 11.3 Å². The highest BCUT2D eigenvalue weighted by Crippen LogP contribution is 2.19. The second-order valence-electron chi connectivity index (χ2n) is 6.00. The van der Waals surface area contributed by atoms with E-state index in [9.17, 15) is 14.7 Å². The molecule has 9 nitrogen and oxygen atoms in total. The van der Waals surface area contributed by atoms with Gasteiger partial charge in [0.2, 0.25) is 0 Å².